The molecule has 1 saturated carbocycles. The normalized spacial score (nSPS) is 37.7. The SMILES string of the molecule is CC1CCC(B2OC(C)(C)C(C)(C)O2)CC1. The van der Waals surface area contributed by atoms with E-state index >= 15 is 0 Å². The van der Waals surface area contributed by atoms with Gasteiger partial charge in [-0.1, -0.05) is 32.6 Å². The van der Waals surface area contributed by atoms with Gasteiger partial charge in [-0.3, -0.25) is 0 Å². The van der Waals surface area contributed by atoms with Crippen LogP contribution in [0.2, 0.25) is 5.82 Å². The molecule has 0 aromatic heterocycles. The first kappa shape index (κ1) is 12.4. The van der Waals surface area contributed by atoms with Crippen molar-refractivity contribution in [2.75, 3.05) is 0 Å². The van der Waals surface area contributed by atoms with Gasteiger partial charge in [0, 0.05) is 0 Å². The molecule has 92 valence electrons. The fraction of sp³-hybridized carbons (Fsp3) is 1.00. The third kappa shape index (κ3) is 2.17. The summed E-state index contributed by atoms with van der Waals surface area (Å²) in [5, 5.41) is 0. The van der Waals surface area contributed by atoms with Crippen LogP contribution >= 0.6 is 0 Å². The van der Waals surface area contributed by atoms with E-state index < -0.39 is 0 Å². The summed E-state index contributed by atoms with van der Waals surface area (Å²) in [5.41, 5.74) is -0.332. The molecular weight excluding hydrogens is 199 g/mol. The Kier molecular flexibility index (Phi) is 3.13. The number of hydrogen-bond acceptors (Lipinski definition) is 2. The minimum atomic E-state index is -0.166. The van der Waals surface area contributed by atoms with Gasteiger partial charge in [-0.15, -0.1) is 0 Å². The Bertz CT molecular complexity index is 239. The molecular formula is C13H25BO2. The van der Waals surface area contributed by atoms with Crippen molar-refractivity contribution in [1.82, 2.24) is 0 Å². The molecule has 3 heteroatoms. The quantitative estimate of drug-likeness (QED) is 0.633. The zero-order chi connectivity index (χ0) is 12.0. The second-order valence-electron chi connectivity index (χ2n) is 6.64. The number of hydrogen-bond donors (Lipinski definition) is 0. The minimum Gasteiger partial charge on any atom is -0.403 e. The predicted octanol–water partition coefficient (Wildman–Crippen LogP) is 3.66. The standard InChI is InChI=1S/C13H25BO2/c1-10-6-8-11(9-7-10)14-15-12(2,3)13(4,5)16-14/h10-11H,6-9H2,1-5H3. The summed E-state index contributed by atoms with van der Waals surface area (Å²) in [5.74, 6) is 1.50. The van der Waals surface area contributed by atoms with Crippen molar-refractivity contribution < 1.29 is 9.31 Å². The summed E-state index contributed by atoms with van der Waals surface area (Å²) in [4.78, 5) is 0. The lowest BCUT2D eigenvalue weighted by atomic mass is 9.63. The van der Waals surface area contributed by atoms with E-state index in [9.17, 15) is 0 Å². The maximum Gasteiger partial charge on any atom is 0.461 e. The van der Waals surface area contributed by atoms with Gasteiger partial charge >= 0.3 is 7.12 Å². The Morgan fingerprint density at radius 2 is 1.31 bits per heavy atom. The zero-order valence-electron chi connectivity index (χ0n) is 11.4. The first-order valence-electron chi connectivity index (χ1n) is 6.67. The van der Waals surface area contributed by atoms with Crippen molar-refractivity contribution in [2.45, 2.75) is 77.3 Å². The molecule has 0 aromatic carbocycles. The van der Waals surface area contributed by atoms with Crippen LogP contribution in [0.5, 0.6) is 0 Å². The second-order valence-corrected chi connectivity index (χ2v) is 6.64. The van der Waals surface area contributed by atoms with Crippen LogP contribution in [-0.4, -0.2) is 18.3 Å². The number of rotatable bonds is 1. The Labute approximate surface area is 100 Å². The predicted molar refractivity (Wildman–Crippen MR) is 67.5 cm³/mol. The molecule has 1 heterocycles. The van der Waals surface area contributed by atoms with E-state index in [4.69, 9.17) is 9.31 Å². The van der Waals surface area contributed by atoms with Crippen LogP contribution in [0.25, 0.3) is 0 Å². The van der Waals surface area contributed by atoms with Gasteiger partial charge in [0.15, 0.2) is 0 Å². The summed E-state index contributed by atoms with van der Waals surface area (Å²) in [7, 11) is 0.0255. The third-order valence-corrected chi connectivity index (χ3v) is 4.72. The van der Waals surface area contributed by atoms with Crippen LogP contribution in [0.3, 0.4) is 0 Å². The smallest absolute Gasteiger partial charge is 0.403 e. The van der Waals surface area contributed by atoms with E-state index in [-0.39, 0.29) is 18.3 Å². The molecule has 0 spiro atoms. The topological polar surface area (TPSA) is 18.5 Å². The lowest BCUT2D eigenvalue weighted by molar-refractivity contribution is 0.00578. The van der Waals surface area contributed by atoms with Crippen molar-refractivity contribution in [1.29, 1.82) is 0 Å². The first-order chi connectivity index (χ1) is 7.32. The highest BCUT2D eigenvalue weighted by atomic mass is 16.7. The van der Waals surface area contributed by atoms with Crippen LogP contribution in [-0.2, 0) is 9.31 Å². The maximum absolute atomic E-state index is 6.12. The monoisotopic (exact) mass is 224 g/mol. The van der Waals surface area contributed by atoms with Crippen LogP contribution in [0, 0.1) is 5.92 Å². The second kappa shape index (κ2) is 4.02. The van der Waals surface area contributed by atoms with Gasteiger partial charge in [-0.05, 0) is 39.4 Å². The Balaban J connectivity index is 1.98. The maximum atomic E-state index is 6.12. The molecule has 0 amide bonds. The molecule has 2 aliphatic rings. The van der Waals surface area contributed by atoms with Crippen molar-refractivity contribution in [3.05, 3.63) is 0 Å². The van der Waals surface area contributed by atoms with Crippen LogP contribution in [0.4, 0.5) is 0 Å². The molecule has 0 bridgehead atoms. The van der Waals surface area contributed by atoms with Crippen molar-refractivity contribution in [2.24, 2.45) is 5.92 Å². The van der Waals surface area contributed by atoms with Crippen LogP contribution in [0.15, 0.2) is 0 Å². The third-order valence-electron chi connectivity index (χ3n) is 4.72. The molecule has 2 nitrogen and oxygen atoms in total. The van der Waals surface area contributed by atoms with Gasteiger partial charge in [0.25, 0.3) is 0 Å². The van der Waals surface area contributed by atoms with E-state index in [0.717, 1.165) is 5.92 Å². The highest BCUT2D eigenvalue weighted by Gasteiger charge is 2.53. The molecule has 1 aliphatic heterocycles. The summed E-state index contributed by atoms with van der Waals surface area (Å²) < 4.78 is 12.2. The zero-order valence-corrected chi connectivity index (χ0v) is 11.4. The average molecular weight is 224 g/mol. The van der Waals surface area contributed by atoms with Crippen molar-refractivity contribution >= 4 is 7.12 Å². The fourth-order valence-electron chi connectivity index (χ4n) is 2.64. The van der Waals surface area contributed by atoms with Gasteiger partial charge < -0.3 is 9.31 Å². The Hall–Kier alpha value is -0.0151. The Morgan fingerprint density at radius 1 is 0.875 bits per heavy atom. The van der Waals surface area contributed by atoms with E-state index in [1.807, 2.05) is 0 Å². The highest BCUT2D eigenvalue weighted by Crippen LogP contribution is 2.44. The van der Waals surface area contributed by atoms with E-state index in [2.05, 4.69) is 34.6 Å². The van der Waals surface area contributed by atoms with Gasteiger partial charge in [-0.25, -0.2) is 0 Å². The Morgan fingerprint density at radius 3 is 1.75 bits per heavy atom. The van der Waals surface area contributed by atoms with E-state index in [1.54, 1.807) is 0 Å². The van der Waals surface area contributed by atoms with Gasteiger partial charge in [0.05, 0.1) is 11.2 Å². The molecule has 1 saturated heterocycles. The molecule has 2 rings (SSSR count). The largest absolute Gasteiger partial charge is 0.461 e. The van der Waals surface area contributed by atoms with E-state index in [1.165, 1.54) is 25.7 Å². The summed E-state index contributed by atoms with van der Waals surface area (Å²) in [6, 6.07) is 0. The molecule has 0 radical (unpaired) electrons. The fourth-order valence-corrected chi connectivity index (χ4v) is 2.64. The average Bonchev–Trinajstić information content (AvgIpc) is 2.37. The van der Waals surface area contributed by atoms with Gasteiger partial charge in [0.1, 0.15) is 0 Å². The lowest BCUT2D eigenvalue weighted by Gasteiger charge is -2.32. The molecule has 16 heavy (non-hydrogen) atoms. The molecule has 0 N–H and O–H groups in total. The minimum absolute atomic E-state index is 0.0255. The lowest BCUT2D eigenvalue weighted by Crippen LogP contribution is -2.41. The van der Waals surface area contributed by atoms with E-state index in [0.29, 0.717) is 5.82 Å². The molecule has 0 aromatic rings. The molecule has 0 atom stereocenters. The highest BCUT2D eigenvalue weighted by molar-refractivity contribution is 6.47. The van der Waals surface area contributed by atoms with Crippen LogP contribution in [0.1, 0.15) is 60.3 Å². The summed E-state index contributed by atoms with van der Waals surface area (Å²) >= 11 is 0. The van der Waals surface area contributed by atoms with Crippen molar-refractivity contribution in [3.63, 3.8) is 0 Å². The summed E-state index contributed by atoms with van der Waals surface area (Å²) in [6.07, 6.45) is 5.18. The first-order valence-corrected chi connectivity index (χ1v) is 6.67. The van der Waals surface area contributed by atoms with Gasteiger partial charge in [0.2, 0.25) is 0 Å². The van der Waals surface area contributed by atoms with Gasteiger partial charge in [-0.2, -0.15) is 0 Å². The molecule has 2 fully saturated rings. The van der Waals surface area contributed by atoms with Crippen LogP contribution < -0.4 is 0 Å². The molecule has 1 aliphatic carbocycles. The van der Waals surface area contributed by atoms with Crippen molar-refractivity contribution in [3.8, 4) is 0 Å². The summed E-state index contributed by atoms with van der Waals surface area (Å²) in [6.45, 7) is 10.9. The molecule has 0 unspecified atom stereocenters.